The Balaban J connectivity index is 0.00000127. The van der Waals surface area contributed by atoms with Crippen LogP contribution in [-0.4, -0.2) is 17.6 Å². The molecule has 0 aliphatic rings. The van der Waals surface area contributed by atoms with Gasteiger partial charge in [0.2, 0.25) is 11.9 Å². The standard InChI is InChI=1S/C15H17N3O3.C2H4/c1-9(19)3-6-14(20)18-15(16)17-12-4-5-13-11(8-12)7-10(2)21-13;1-2/h4-5,7-8H,3,6H2,1-2H3,(H3,16,17,18,20);1-2H2. The van der Waals surface area contributed by atoms with Crippen molar-refractivity contribution in [3.8, 4) is 0 Å². The second kappa shape index (κ2) is 8.53. The quantitative estimate of drug-likeness (QED) is 0.515. The van der Waals surface area contributed by atoms with Crippen molar-refractivity contribution in [1.29, 1.82) is 0 Å². The van der Waals surface area contributed by atoms with Gasteiger partial charge in [0.25, 0.3) is 0 Å². The smallest absolute Gasteiger partial charge is 0.227 e. The highest BCUT2D eigenvalue weighted by Crippen LogP contribution is 2.23. The monoisotopic (exact) mass is 315 g/mol. The van der Waals surface area contributed by atoms with Gasteiger partial charge in [-0.1, -0.05) is 0 Å². The number of Topliss-reactive ketones (excluding diaryl/α,β-unsaturated/α-hetero) is 1. The molecule has 0 atom stereocenters. The second-order valence-corrected chi connectivity index (χ2v) is 4.83. The fraction of sp³-hybridized carbons (Fsp3) is 0.235. The number of fused-ring (bicyclic) bond motifs is 1. The maximum atomic E-state index is 11.5. The van der Waals surface area contributed by atoms with Gasteiger partial charge in [-0.25, -0.2) is 4.99 Å². The number of aryl methyl sites for hydroxylation is 1. The SMILES string of the molecule is C=C.CC(=O)CCC(=O)NC(N)=Nc1ccc2oc(C)cc2c1. The summed E-state index contributed by atoms with van der Waals surface area (Å²) in [6, 6.07) is 7.27. The number of hydrogen-bond acceptors (Lipinski definition) is 4. The molecule has 2 aromatic rings. The third-order valence-electron chi connectivity index (χ3n) is 2.84. The number of aliphatic imine (C=N–C) groups is 1. The molecule has 2 rings (SSSR count). The molecule has 1 aromatic carbocycles. The third kappa shape index (κ3) is 5.78. The zero-order chi connectivity index (χ0) is 17.4. The molecule has 0 spiro atoms. The molecule has 0 radical (unpaired) electrons. The molecule has 0 aliphatic carbocycles. The van der Waals surface area contributed by atoms with Crippen LogP contribution in [0.15, 0.2) is 46.8 Å². The zero-order valence-corrected chi connectivity index (χ0v) is 13.4. The Bertz CT molecular complexity index is 732. The van der Waals surface area contributed by atoms with Gasteiger partial charge >= 0.3 is 0 Å². The lowest BCUT2D eigenvalue weighted by Crippen LogP contribution is -2.36. The molecule has 6 nitrogen and oxygen atoms in total. The molecule has 1 heterocycles. The summed E-state index contributed by atoms with van der Waals surface area (Å²) in [5, 5.41) is 3.37. The van der Waals surface area contributed by atoms with Gasteiger partial charge in [0.1, 0.15) is 17.1 Å². The molecule has 0 aliphatic heterocycles. The summed E-state index contributed by atoms with van der Waals surface area (Å²) in [6.45, 7) is 9.30. The van der Waals surface area contributed by atoms with Crippen LogP contribution in [-0.2, 0) is 9.59 Å². The topological polar surface area (TPSA) is 97.7 Å². The number of benzene rings is 1. The van der Waals surface area contributed by atoms with Gasteiger partial charge in [0.15, 0.2) is 0 Å². The number of carbonyl (C=O) groups is 2. The average Bonchev–Trinajstić information content (AvgIpc) is 2.86. The van der Waals surface area contributed by atoms with Crippen molar-refractivity contribution < 1.29 is 14.0 Å². The van der Waals surface area contributed by atoms with Crippen LogP contribution in [0.3, 0.4) is 0 Å². The van der Waals surface area contributed by atoms with Crippen molar-refractivity contribution >= 4 is 34.3 Å². The number of carbonyl (C=O) groups excluding carboxylic acids is 2. The lowest BCUT2D eigenvalue weighted by molar-refractivity contribution is -0.123. The number of guanidine groups is 1. The Kier molecular flexibility index (Phi) is 6.73. The van der Waals surface area contributed by atoms with Crippen LogP contribution < -0.4 is 11.1 Å². The average molecular weight is 315 g/mol. The molecule has 23 heavy (non-hydrogen) atoms. The first-order valence-electron chi connectivity index (χ1n) is 7.07. The van der Waals surface area contributed by atoms with Crippen molar-refractivity contribution in [3.63, 3.8) is 0 Å². The van der Waals surface area contributed by atoms with E-state index in [-0.39, 0.29) is 30.5 Å². The fourth-order valence-corrected chi connectivity index (χ4v) is 1.89. The first-order chi connectivity index (χ1) is 10.9. The number of ketones is 1. The molecule has 6 heteroatoms. The van der Waals surface area contributed by atoms with Gasteiger partial charge in [0, 0.05) is 18.2 Å². The number of nitrogens with two attached hydrogens (primary N) is 1. The Morgan fingerprint density at radius 3 is 2.61 bits per heavy atom. The minimum absolute atomic E-state index is 0.00289. The summed E-state index contributed by atoms with van der Waals surface area (Å²) in [7, 11) is 0. The van der Waals surface area contributed by atoms with Crippen molar-refractivity contribution in [2.45, 2.75) is 26.7 Å². The first kappa shape index (κ1) is 18.2. The second-order valence-electron chi connectivity index (χ2n) is 4.83. The molecule has 0 unspecified atom stereocenters. The normalized spacial score (nSPS) is 10.8. The predicted octanol–water partition coefficient (Wildman–Crippen LogP) is 2.98. The van der Waals surface area contributed by atoms with Crippen LogP contribution >= 0.6 is 0 Å². The van der Waals surface area contributed by atoms with Gasteiger partial charge in [0.05, 0.1) is 5.69 Å². The fourth-order valence-electron chi connectivity index (χ4n) is 1.89. The number of amides is 1. The Morgan fingerprint density at radius 1 is 1.26 bits per heavy atom. The number of furan rings is 1. The summed E-state index contributed by atoms with van der Waals surface area (Å²) in [5.41, 5.74) is 7.06. The highest BCUT2D eigenvalue weighted by Gasteiger charge is 2.06. The van der Waals surface area contributed by atoms with Crippen molar-refractivity contribution in [2.24, 2.45) is 10.7 Å². The molecular formula is C17H21N3O3. The number of nitrogens with one attached hydrogen (secondary N) is 1. The molecule has 0 saturated heterocycles. The number of rotatable bonds is 4. The van der Waals surface area contributed by atoms with Crippen molar-refractivity contribution in [2.75, 3.05) is 0 Å². The van der Waals surface area contributed by atoms with Crippen LogP contribution in [0.5, 0.6) is 0 Å². The van der Waals surface area contributed by atoms with Gasteiger partial charge < -0.3 is 14.9 Å². The lowest BCUT2D eigenvalue weighted by Gasteiger charge is -2.03. The molecule has 1 aromatic heterocycles. The van der Waals surface area contributed by atoms with Crippen molar-refractivity contribution in [3.05, 3.63) is 43.2 Å². The molecule has 3 N–H and O–H groups in total. The molecule has 0 fully saturated rings. The van der Waals surface area contributed by atoms with Gasteiger partial charge in [-0.3, -0.25) is 10.1 Å². The van der Waals surface area contributed by atoms with Gasteiger partial charge in [-0.05, 0) is 38.1 Å². The minimum atomic E-state index is -0.327. The van der Waals surface area contributed by atoms with Crippen LogP contribution in [0.1, 0.15) is 25.5 Å². The zero-order valence-electron chi connectivity index (χ0n) is 13.4. The van der Waals surface area contributed by atoms with Gasteiger partial charge in [-0.2, -0.15) is 0 Å². The summed E-state index contributed by atoms with van der Waals surface area (Å²) in [6.07, 6.45) is 0.297. The molecule has 122 valence electrons. The van der Waals surface area contributed by atoms with Crippen LogP contribution in [0.4, 0.5) is 5.69 Å². The van der Waals surface area contributed by atoms with E-state index in [9.17, 15) is 9.59 Å². The Labute approximate surface area is 135 Å². The van der Waals surface area contributed by atoms with Crippen molar-refractivity contribution in [1.82, 2.24) is 5.32 Å². The third-order valence-corrected chi connectivity index (χ3v) is 2.84. The molecular weight excluding hydrogens is 294 g/mol. The van der Waals surface area contributed by atoms with Crippen LogP contribution in [0.2, 0.25) is 0 Å². The summed E-state index contributed by atoms with van der Waals surface area (Å²) in [5.74, 6) is 0.452. The summed E-state index contributed by atoms with van der Waals surface area (Å²) in [4.78, 5) is 26.4. The molecule has 0 bridgehead atoms. The Hall–Kier alpha value is -2.89. The number of nitrogens with zero attached hydrogens (tertiary/aromatic N) is 1. The minimum Gasteiger partial charge on any atom is -0.461 e. The maximum Gasteiger partial charge on any atom is 0.227 e. The van der Waals surface area contributed by atoms with Crippen LogP contribution in [0, 0.1) is 6.92 Å². The maximum absolute atomic E-state index is 11.5. The van der Waals surface area contributed by atoms with E-state index in [0.29, 0.717) is 5.69 Å². The van der Waals surface area contributed by atoms with E-state index in [2.05, 4.69) is 23.5 Å². The number of hydrogen-bond donors (Lipinski definition) is 2. The van der Waals surface area contributed by atoms with E-state index in [1.54, 1.807) is 12.1 Å². The Morgan fingerprint density at radius 2 is 1.96 bits per heavy atom. The summed E-state index contributed by atoms with van der Waals surface area (Å²) >= 11 is 0. The van der Waals surface area contributed by atoms with Crippen LogP contribution in [0.25, 0.3) is 11.0 Å². The first-order valence-corrected chi connectivity index (χ1v) is 7.07. The largest absolute Gasteiger partial charge is 0.461 e. The lowest BCUT2D eigenvalue weighted by atomic mass is 10.2. The van der Waals surface area contributed by atoms with E-state index in [1.165, 1.54) is 6.92 Å². The van der Waals surface area contributed by atoms with E-state index in [4.69, 9.17) is 10.2 Å². The van der Waals surface area contributed by atoms with E-state index >= 15 is 0 Å². The summed E-state index contributed by atoms with van der Waals surface area (Å²) < 4.78 is 5.47. The molecule has 0 saturated carbocycles. The van der Waals surface area contributed by atoms with E-state index in [0.717, 1.165) is 16.7 Å². The molecule has 1 amide bonds. The highest BCUT2D eigenvalue weighted by atomic mass is 16.3. The van der Waals surface area contributed by atoms with Gasteiger partial charge in [-0.15, -0.1) is 13.2 Å². The highest BCUT2D eigenvalue weighted by molar-refractivity contribution is 5.98. The predicted molar refractivity (Wildman–Crippen MR) is 91.5 cm³/mol. The van der Waals surface area contributed by atoms with E-state index < -0.39 is 0 Å². The van der Waals surface area contributed by atoms with E-state index in [1.807, 2.05) is 19.1 Å².